The van der Waals surface area contributed by atoms with E-state index in [1.54, 1.807) is 37.4 Å². The van der Waals surface area contributed by atoms with Crippen LogP contribution in [0.5, 0.6) is 5.75 Å². The summed E-state index contributed by atoms with van der Waals surface area (Å²) in [5.74, 6) is -2.63. The van der Waals surface area contributed by atoms with Gasteiger partial charge in [-0.05, 0) is 36.2 Å². The smallest absolute Gasteiger partial charge is 0.490 e. The molecule has 4 rings (SSSR count). The number of alkyl halides is 3. The van der Waals surface area contributed by atoms with E-state index in [2.05, 4.69) is 4.98 Å². The standard InChI is InChI=1S/C22H27N3O5S.C2HF3O2/c1-3-31(27,28)25-15-20(18-5-4-10-23-13-18)22(16-25)21(26)24(11-12-30-22)14-17-6-8-19(29-2)9-7-17;3-2(4,5)1(6)7/h4-10,13,20H,3,11-12,14-16H2,1-2H3;(H,6,7). The number of hydrogen-bond donors (Lipinski definition) is 1. The summed E-state index contributed by atoms with van der Waals surface area (Å²) in [5.41, 5.74) is 0.520. The summed E-state index contributed by atoms with van der Waals surface area (Å²) in [6, 6.07) is 11.2. The van der Waals surface area contributed by atoms with Crippen LogP contribution in [0.1, 0.15) is 24.0 Å². The van der Waals surface area contributed by atoms with E-state index < -0.39 is 33.7 Å². The van der Waals surface area contributed by atoms with E-state index in [0.717, 1.165) is 16.9 Å². The molecule has 1 amide bonds. The maximum atomic E-state index is 13.8. The average molecular weight is 560 g/mol. The second-order valence-electron chi connectivity index (χ2n) is 8.65. The Balaban J connectivity index is 0.000000505. The van der Waals surface area contributed by atoms with Gasteiger partial charge in [0.25, 0.3) is 5.91 Å². The summed E-state index contributed by atoms with van der Waals surface area (Å²) in [6.45, 7) is 3.05. The number of halogens is 3. The lowest BCUT2D eigenvalue weighted by atomic mass is 9.83. The van der Waals surface area contributed by atoms with Gasteiger partial charge in [-0.15, -0.1) is 0 Å². The first-order chi connectivity index (χ1) is 17.8. The van der Waals surface area contributed by atoms with Crippen LogP contribution in [0.15, 0.2) is 48.8 Å². The Labute approximate surface area is 218 Å². The van der Waals surface area contributed by atoms with E-state index in [9.17, 15) is 26.4 Å². The predicted octanol–water partition coefficient (Wildman–Crippen LogP) is 2.27. The van der Waals surface area contributed by atoms with Crippen LogP contribution in [0, 0.1) is 0 Å². The number of ether oxygens (including phenoxy) is 2. The lowest BCUT2D eigenvalue weighted by Gasteiger charge is -2.42. The first kappa shape index (κ1) is 29.3. The van der Waals surface area contributed by atoms with Crippen molar-refractivity contribution in [2.75, 3.05) is 39.1 Å². The minimum absolute atomic E-state index is 0.0146. The molecule has 3 heterocycles. The third-order valence-electron chi connectivity index (χ3n) is 6.35. The maximum Gasteiger partial charge on any atom is 0.490 e. The van der Waals surface area contributed by atoms with Crippen molar-refractivity contribution in [1.29, 1.82) is 0 Å². The van der Waals surface area contributed by atoms with Crippen LogP contribution in [-0.4, -0.2) is 90.5 Å². The summed E-state index contributed by atoms with van der Waals surface area (Å²) in [7, 11) is -1.86. The molecule has 2 saturated heterocycles. The molecule has 0 aliphatic carbocycles. The number of methoxy groups -OCH3 is 1. The van der Waals surface area contributed by atoms with Crippen LogP contribution in [0.25, 0.3) is 0 Å². The lowest BCUT2D eigenvalue weighted by molar-refractivity contribution is -0.192. The number of carboxylic acids is 1. The third kappa shape index (κ3) is 6.42. The van der Waals surface area contributed by atoms with Crippen molar-refractivity contribution in [3.05, 3.63) is 59.9 Å². The number of morpholine rings is 1. The molecule has 14 heteroatoms. The van der Waals surface area contributed by atoms with Gasteiger partial charge in [-0.1, -0.05) is 18.2 Å². The monoisotopic (exact) mass is 559 g/mol. The molecule has 2 aromatic rings. The Hall–Kier alpha value is -3.23. The van der Waals surface area contributed by atoms with E-state index in [-0.39, 0.29) is 24.7 Å². The second-order valence-corrected chi connectivity index (χ2v) is 10.9. The highest BCUT2D eigenvalue weighted by Gasteiger charge is 2.59. The predicted molar refractivity (Wildman–Crippen MR) is 129 cm³/mol. The minimum atomic E-state index is -5.08. The summed E-state index contributed by atoms with van der Waals surface area (Å²) in [4.78, 5) is 28.6. The van der Waals surface area contributed by atoms with Gasteiger partial charge in [0, 0.05) is 37.9 Å². The first-order valence-electron chi connectivity index (χ1n) is 11.6. The molecule has 1 spiro atoms. The van der Waals surface area contributed by atoms with Gasteiger partial charge in [0.15, 0.2) is 5.60 Å². The van der Waals surface area contributed by atoms with E-state index in [4.69, 9.17) is 19.4 Å². The number of benzene rings is 1. The quantitative estimate of drug-likeness (QED) is 0.571. The van der Waals surface area contributed by atoms with Crippen LogP contribution in [0.4, 0.5) is 13.2 Å². The molecule has 1 N–H and O–H groups in total. The number of aliphatic carboxylic acids is 1. The van der Waals surface area contributed by atoms with Crippen molar-refractivity contribution in [3.8, 4) is 5.75 Å². The Kier molecular flexibility index (Phi) is 9.00. The van der Waals surface area contributed by atoms with E-state index in [1.165, 1.54) is 4.31 Å². The molecule has 208 valence electrons. The molecule has 2 fully saturated rings. The van der Waals surface area contributed by atoms with Gasteiger partial charge in [0.2, 0.25) is 10.0 Å². The molecule has 0 bridgehead atoms. The molecular formula is C24H28F3N3O7S. The molecule has 2 atom stereocenters. The van der Waals surface area contributed by atoms with Crippen molar-refractivity contribution in [1.82, 2.24) is 14.2 Å². The molecule has 1 aromatic heterocycles. The Bertz CT molecular complexity index is 1230. The first-order valence-corrected chi connectivity index (χ1v) is 13.2. The number of hydrogen-bond acceptors (Lipinski definition) is 7. The Morgan fingerprint density at radius 1 is 1.26 bits per heavy atom. The van der Waals surface area contributed by atoms with Gasteiger partial charge >= 0.3 is 12.1 Å². The highest BCUT2D eigenvalue weighted by atomic mass is 32.2. The van der Waals surface area contributed by atoms with Crippen molar-refractivity contribution in [2.45, 2.75) is 31.2 Å². The number of aromatic nitrogens is 1. The molecule has 10 nitrogen and oxygen atoms in total. The summed E-state index contributed by atoms with van der Waals surface area (Å²) < 4.78 is 69.8. The van der Waals surface area contributed by atoms with Gasteiger partial charge in [-0.2, -0.15) is 17.5 Å². The summed E-state index contributed by atoms with van der Waals surface area (Å²) in [6.07, 6.45) is -1.74. The summed E-state index contributed by atoms with van der Waals surface area (Å²) >= 11 is 0. The number of sulfonamides is 1. The molecule has 0 radical (unpaired) electrons. The molecular weight excluding hydrogens is 531 g/mol. The fourth-order valence-electron chi connectivity index (χ4n) is 4.37. The third-order valence-corrected chi connectivity index (χ3v) is 8.14. The second kappa shape index (κ2) is 11.7. The number of carbonyl (C=O) groups excluding carboxylic acids is 1. The van der Waals surface area contributed by atoms with Gasteiger partial charge in [-0.3, -0.25) is 9.78 Å². The number of carboxylic acid groups (broad SMARTS) is 1. The lowest BCUT2D eigenvalue weighted by Crippen LogP contribution is -2.60. The normalized spacial score (nSPS) is 22.2. The van der Waals surface area contributed by atoms with Gasteiger partial charge in [-0.25, -0.2) is 13.2 Å². The van der Waals surface area contributed by atoms with Gasteiger partial charge in [0.05, 0.1) is 26.0 Å². The van der Waals surface area contributed by atoms with E-state index in [1.807, 2.05) is 30.3 Å². The van der Waals surface area contributed by atoms with Crippen LogP contribution >= 0.6 is 0 Å². The SMILES string of the molecule is CCS(=O)(=O)N1CC(c2cccnc2)C2(C1)OCCN(Cc1ccc(OC)cc1)C2=O.O=C(O)C(F)(F)F. The van der Waals surface area contributed by atoms with Crippen molar-refractivity contribution < 1.29 is 45.8 Å². The van der Waals surface area contributed by atoms with Gasteiger partial charge < -0.3 is 19.5 Å². The number of pyridine rings is 1. The molecule has 2 aliphatic rings. The van der Waals surface area contributed by atoms with Crippen LogP contribution in [0.2, 0.25) is 0 Å². The van der Waals surface area contributed by atoms with Crippen LogP contribution in [0.3, 0.4) is 0 Å². The number of amides is 1. The number of carbonyl (C=O) groups is 2. The molecule has 2 unspecified atom stereocenters. The molecule has 38 heavy (non-hydrogen) atoms. The van der Waals surface area contributed by atoms with Crippen molar-refractivity contribution in [3.63, 3.8) is 0 Å². The fraction of sp³-hybridized carbons (Fsp3) is 0.458. The zero-order chi connectivity index (χ0) is 28.1. The average Bonchev–Trinajstić information content (AvgIpc) is 3.29. The zero-order valence-electron chi connectivity index (χ0n) is 20.7. The van der Waals surface area contributed by atoms with Crippen LogP contribution < -0.4 is 4.74 Å². The zero-order valence-corrected chi connectivity index (χ0v) is 21.5. The molecule has 2 aliphatic heterocycles. The highest BCUT2D eigenvalue weighted by molar-refractivity contribution is 7.89. The number of rotatable bonds is 6. The molecule has 1 aromatic carbocycles. The largest absolute Gasteiger partial charge is 0.497 e. The topological polar surface area (TPSA) is 126 Å². The minimum Gasteiger partial charge on any atom is -0.497 e. The van der Waals surface area contributed by atoms with Crippen molar-refractivity contribution in [2.24, 2.45) is 0 Å². The highest BCUT2D eigenvalue weighted by Crippen LogP contribution is 2.43. The Morgan fingerprint density at radius 2 is 1.92 bits per heavy atom. The molecule has 0 saturated carbocycles. The van der Waals surface area contributed by atoms with E-state index >= 15 is 0 Å². The number of nitrogens with zero attached hydrogens (tertiary/aromatic N) is 3. The Morgan fingerprint density at radius 3 is 2.45 bits per heavy atom. The fourth-order valence-corrected chi connectivity index (χ4v) is 5.50. The summed E-state index contributed by atoms with van der Waals surface area (Å²) in [5, 5.41) is 7.12. The van der Waals surface area contributed by atoms with Gasteiger partial charge in [0.1, 0.15) is 5.75 Å². The maximum absolute atomic E-state index is 13.8. The van der Waals surface area contributed by atoms with Crippen molar-refractivity contribution >= 4 is 21.9 Å². The van der Waals surface area contributed by atoms with Crippen LogP contribution in [-0.2, 0) is 30.9 Å². The van der Waals surface area contributed by atoms with E-state index in [0.29, 0.717) is 19.7 Å².